The molecule has 0 bridgehead atoms. The Bertz CT molecular complexity index is 349. The van der Waals surface area contributed by atoms with Crippen molar-refractivity contribution >= 4 is 0 Å². The molecule has 0 N–H and O–H groups in total. The summed E-state index contributed by atoms with van der Waals surface area (Å²) in [6, 6.07) is 8.79. The van der Waals surface area contributed by atoms with Gasteiger partial charge in [-0.1, -0.05) is 36.4 Å². The van der Waals surface area contributed by atoms with Crippen LogP contribution in [0.3, 0.4) is 0 Å². The summed E-state index contributed by atoms with van der Waals surface area (Å²) in [6.07, 6.45) is 10.4. The highest BCUT2D eigenvalue weighted by molar-refractivity contribution is 5.39. The number of allylic oxidation sites excluding steroid dienone is 2. The second-order valence-electron chi connectivity index (χ2n) is 3.88. The smallest absolute Gasteiger partial charge is 0.00455 e. The zero-order valence-electron chi connectivity index (χ0n) is 7.53. The van der Waals surface area contributed by atoms with Gasteiger partial charge in [-0.25, -0.2) is 0 Å². The molecule has 3 rings (SSSR count). The van der Waals surface area contributed by atoms with Crippen LogP contribution in [0.25, 0.3) is 0 Å². The van der Waals surface area contributed by atoms with Crippen molar-refractivity contribution in [1.29, 1.82) is 0 Å². The van der Waals surface area contributed by atoms with E-state index in [1.165, 1.54) is 12.0 Å². The molecule has 13 heavy (non-hydrogen) atoms. The Balaban J connectivity index is 2.08. The molecule has 0 heterocycles. The fraction of sp³-hybridized carbons (Fsp3) is 0.308. The van der Waals surface area contributed by atoms with Gasteiger partial charge in [-0.2, -0.15) is 0 Å². The quantitative estimate of drug-likeness (QED) is 0.522. The van der Waals surface area contributed by atoms with E-state index in [2.05, 4.69) is 42.8 Å². The van der Waals surface area contributed by atoms with Crippen LogP contribution in [-0.4, -0.2) is 0 Å². The number of hydrogen-bond acceptors (Lipinski definition) is 0. The average molecular weight is 168 g/mol. The average Bonchev–Trinajstić information content (AvgIpc) is 2.65. The molecule has 0 heteroatoms. The molecular weight excluding hydrogens is 156 g/mol. The maximum atomic E-state index is 3.55. The van der Waals surface area contributed by atoms with Crippen molar-refractivity contribution in [3.63, 3.8) is 0 Å². The second kappa shape index (κ2) is 2.73. The highest BCUT2D eigenvalue weighted by Crippen LogP contribution is 2.42. The minimum atomic E-state index is 0.592. The maximum absolute atomic E-state index is 3.55. The third-order valence-corrected chi connectivity index (χ3v) is 3.15. The molecule has 2 aliphatic carbocycles. The second-order valence-corrected chi connectivity index (χ2v) is 3.88. The molecule has 2 unspecified atom stereocenters. The summed E-state index contributed by atoms with van der Waals surface area (Å²) < 4.78 is 0. The number of hydrogen-bond donors (Lipinski definition) is 0. The van der Waals surface area contributed by atoms with Gasteiger partial charge < -0.3 is 0 Å². The zero-order chi connectivity index (χ0) is 8.67. The van der Waals surface area contributed by atoms with E-state index in [1.807, 2.05) is 0 Å². The first-order chi connectivity index (χ1) is 6.45. The third kappa shape index (κ3) is 1.05. The summed E-state index contributed by atoms with van der Waals surface area (Å²) in [5.41, 5.74) is 3.03. The van der Waals surface area contributed by atoms with Gasteiger partial charge in [-0.3, -0.25) is 0 Å². The van der Waals surface area contributed by atoms with Crippen molar-refractivity contribution < 1.29 is 0 Å². The molecule has 0 saturated carbocycles. The summed E-state index contributed by atoms with van der Waals surface area (Å²) in [4.78, 5) is 0. The predicted octanol–water partition coefficient (Wildman–Crippen LogP) is 2.98. The SMILES string of the molecule is [C]1Cc2ccccc2C2CC=CC12. The fourth-order valence-electron chi connectivity index (χ4n) is 2.47. The molecule has 2 atom stereocenters. The molecule has 0 aromatic heterocycles. The Morgan fingerprint density at radius 3 is 3.15 bits per heavy atom. The van der Waals surface area contributed by atoms with E-state index in [9.17, 15) is 0 Å². The van der Waals surface area contributed by atoms with Crippen LogP contribution in [0.5, 0.6) is 0 Å². The monoisotopic (exact) mass is 168 g/mol. The van der Waals surface area contributed by atoms with Gasteiger partial charge in [0.2, 0.25) is 0 Å². The van der Waals surface area contributed by atoms with Crippen LogP contribution in [-0.2, 0) is 6.42 Å². The van der Waals surface area contributed by atoms with Gasteiger partial charge in [0.05, 0.1) is 0 Å². The largest absolute Gasteiger partial charge is 0.0876 e. The summed E-state index contributed by atoms with van der Waals surface area (Å²) in [5.74, 6) is 1.29. The van der Waals surface area contributed by atoms with E-state index in [1.54, 1.807) is 5.56 Å². The molecule has 0 fully saturated rings. The maximum Gasteiger partial charge on any atom is -0.00455 e. The highest BCUT2D eigenvalue weighted by atomic mass is 14.3. The topological polar surface area (TPSA) is 0 Å². The van der Waals surface area contributed by atoms with Crippen molar-refractivity contribution in [2.75, 3.05) is 0 Å². The van der Waals surface area contributed by atoms with Crippen LogP contribution in [0.4, 0.5) is 0 Å². The number of rotatable bonds is 0. The van der Waals surface area contributed by atoms with Crippen LogP contribution >= 0.6 is 0 Å². The van der Waals surface area contributed by atoms with Crippen LogP contribution in [0.2, 0.25) is 0 Å². The molecule has 64 valence electrons. The number of fused-ring (bicyclic) bond motifs is 3. The van der Waals surface area contributed by atoms with Gasteiger partial charge in [0.1, 0.15) is 0 Å². The Hall–Kier alpha value is -1.04. The molecule has 1 aromatic rings. The molecule has 1 aromatic carbocycles. The predicted molar refractivity (Wildman–Crippen MR) is 53.4 cm³/mol. The van der Waals surface area contributed by atoms with Crippen LogP contribution in [0, 0.1) is 12.3 Å². The lowest BCUT2D eigenvalue weighted by atomic mass is 9.77. The van der Waals surface area contributed by atoms with E-state index in [-0.39, 0.29) is 0 Å². The lowest BCUT2D eigenvalue weighted by molar-refractivity contribution is 0.563. The Morgan fingerprint density at radius 1 is 1.23 bits per heavy atom. The van der Waals surface area contributed by atoms with Crippen molar-refractivity contribution in [1.82, 2.24) is 0 Å². The van der Waals surface area contributed by atoms with Gasteiger partial charge >= 0.3 is 0 Å². The van der Waals surface area contributed by atoms with E-state index in [0.717, 1.165) is 6.42 Å². The summed E-state index contributed by atoms with van der Waals surface area (Å²) in [6.45, 7) is 0. The van der Waals surface area contributed by atoms with Gasteiger partial charge in [0, 0.05) is 0 Å². The molecular formula is C13H12. The zero-order valence-corrected chi connectivity index (χ0v) is 7.53. The van der Waals surface area contributed by atoms with Crippen molar-refractivity contribution in [2.24, 2.45) is 5.92 Å². The molecule has 0 spiro atoms. The van der Waals surface area contributed by atoms with Gasteiger partial charge in [-0.05, 0) is 42.2 Å². The first-order valence-corrected chi connectivity index (χ1v) is 4.93. The molecule has 2 aliphatic rings. The normalized spacial score (nSPS) is 29.8. The molecule has 0 aliphatic heterocycles. The minimum Gasteiger partial charge on any atom is -0.0876 e. The van der Waals surface area contributed by atoms with E-state index < -0.39 is 0 Å². The van der Waals surface area contributed by atoms with Crippen LogP contribution < -0.4 is 0 Å². The van der Waals surface area contributed by atoms with Gasteiger partial charge in [-0.15, -0.1) is 0 Å². The molecule has 0 amide bonds. The van der Waals surface area contributed by atoms with E-state index >= 15 is 0 Å². The van der Waals surface area contributed by atoms with Gasteiger partial charge in [0.25, 0.3) is 0 Å². The first kappa shape index (κ1) is 7.37. The Morgan fingerprint density at radius 2 is 2.15 bits per heavy atom. The fourth-order valence-corrected chi connectivity index (χ4v) is 2.47. The molecule has 0 nitrogen and oxygen atoms in total. The van der Waals surface area contributed by atoms with Crippen LogP contribution in [0.15, 0.2) is 36.4 Å². The van der Waals surface area contributed by atoms with Crippen molar-refractivity contribution in [3.8, 4) is 0 Å². The summed E-state index contributed by atoms with van der Waals surface area (Å²) in [7, 11) is 0. The first-order valence-electron chi connectivity index (χ1n) is 4.93. The Labute approximate surface area is 79.3 Å². The lowest BCUT2D eigenvalue weighted by Gasteiger charge is -2.27. The molecule has 2 radical (unpaired) electrons. The summed E-state index contributed by atoms with van der Waals surface area (Å²) in [5, 5.41) is 0. The molecule has 0 saturated heterocycles. The summed E-state index contributed by atoms with van der Waals surface area (Å²) >= 11 is 0. The Kier molecular flexibility index (Phi) is 1.55. The van der Waals surface area contributed by atoms with Crippen molar-refractivity contribution in [2.45, 2.75) is 18.8 Å². The van der Waals surface area contributed by atoms with E-state index in [4.69, 9.17) is 0 Å². The third-order valence-electron chi connectivity index (χ3n) is 3.15. The van der Waals surface area contributed by atoms with Crippen LogP contribution in [0.1, 0.15) is 23.5 Å². The lowest BCUT2D eigenvalue weighted by Crippen LogP contribution is -2.16. The number of benzene rings is 1. The minimum absolute atomic E-state index is 0.592. The highest BCUT2D eigenvalue weighted by Gasteiger charge is 2.29. The standard InChI is InChI=1S/C13H12/c1-2-6-12-10(4-1)8-9-11-5-3-7-13(11)12/h1-6,11,13H,7-8H2. The van der Waals surface area contributed by atoms with Gasteiger partial charge in [0.15, 0.2) is 0 Å². The van der Waals surface area contributed by atoms with Crippen molar-refractivity contribution in [3.05, 3.63) is 54.0 Å². The van der Waals surface area contributed by atoms with E-state index in [0.29, 0.717) is 11.8 Å².